The number of aromatic nitrogens is 2. The monoisotopic (exact) mass is 306 g/mol. The van der Waals surface area contributed by atoms with Crippen molar-refractivity contribution in [1.82, 2.24) is 9.55 Å². The lowest BCUT2D eigenvalue weighted by molar-refractivity contribution is 0.766. The van der Waals surface area contributed by atoms with Crippen LogP contribution in [0.4, 0.5) is 0 Å². The lowest BCUT2D eigenvalue weighted by atomic mass is 10.2. The Morgan fingerprint density at radius 1 is 1.32 bits per heavy atom. The van der Waals surface area contributed by atoms with Crippen molar-refractivity contribution < 1.29 is 0 Å². The molecule has 2 nitrogen and oxygen atoms in total. The van der Waals surface area contributed by atoms with Gasteiger partial charge in [0.15, 0.2) is 0 Å². The molecular weight excluding hydrogens is 296 g/mol. The van der Waals surface area contributed by atoms with Crippen LogP contribution in [-0.2, 0) is 6.54 Å². The van der Waals surface area contributed by atoms with Crippen LogP contribution in [0.3, 0.4) is 0 Å². The van der Waals surface area contributed by atoms with E-state index in [9.17, 15) is 0 Å². The first-order valence-corrected chi connectivity index (χ1v) is 7.44. The second-order valence-electron chi connectivity index (χ2n) is 4.36. The largest absolute Gasteiger partial charge is 0.340 e. The summed E-state index contributed by atoms with van der Waals surface area (Å²) in [6.07, 6.45) is 1.81. The molecule has 2 aliphatic heterocycles. The van der Waals surface area contributed by atoms with E-state index in [2.05, 4.69) is 34.7 Å². The van der Waals surface area contributed by atoms with Crippen molar-refractivity contribution in [2.24, 2.45) is 0 Å². The number of pyridine rings is 2. The SMILES string of the molecule is Cc1ccc2sc(=S)cc-2n1Cc1ccc(Cl)nc1. The Hall–Kier alpha value is -1.23. The van der Waals surface area contributed by atoms with Crippen molar-refractivity contribution in [2.75, 3.05) is 0 Å². The first kappa shape index (κ1) is 12.8. The first-order chi connectivity index (χ1) is 9.13. The smallest absolute Gasteiger partial charge is 0.129 e. The van der Waals surface area contributed by atoms with E-state index in [0.717, 1.165) is 15.9 Å². The zero-order valence-electron chi connectivity index (χ0n) is 10.3. The molecule has 0 aliphatic carbocycles. The number of hydrogen-bond acceptors (Lipinski definition) is 3. The third-order valence-electron chi connectivity index (χ3n) is 3.04. The van der Waals surface area contributed by atoms with Crippen molar-refractivity contribution in [1.29, 1.82) is 0 Å². The van der Waals surface area contributed by atoms with Gasteiger partial charge in [-0.2, -0.15) is 0 Å². The maximum absolute atomic E-state index is 5.81. The maximum atomic E-state index is 5.81. The summed E-state index contributed by atoms with van der Waals surface area (Å²) in [6.45, 7) is 2.88. The molecule has 0 N–H and O–H groups in total. The Balaban J connectivity index is 2.07. The third-order valence-corrected chi connectivity index (χ3v) is 4.51. The van der Waals surface area contributed by atoms with Crippen LogP contribution in [0.1, 0.15) is 11.3 Å². The van der Waals surface area contributed by atoms with Crippen molar-refractivity contribution >= 4 is 35.2 Å². The minimum Gasteiger partial charge on any atom is -0.340 e. The highest BCUT2D eigenvalue weighted by molar-refractivity contribution is 7.73. The molecule has 19 heavy (non-hydrogen) atoms. The standard InChI is InChI=1S/C14H11ClN2S2/c1-9-2-4-12-11(6-14(18)19-12)17(9)8-10-3-5-13(15)16-7-10/h2-7H,8H2,1H3. The molecule has 0 saturated carbocycles. The lowest BCUT2D eigenvalue weighted by Crippen LogP contribution is -2.07. The predicted octanol–water partition coefficient (Wildman–Crippen LogP) is 4.79. The van der Waals surface area contributed by atoms with Gasteiger partial charge in [0.1, 0.15) is 5.15 Å². The second kappa shape index (κ2) is 5.04. The molecule has 0 fully saturated rings. The van der Waals surface area contributed by atoms with Crippen LogP contribution in [-0.4, -0.2) is 9.55 Å². The van der Waals surface area contributed by atoms with Crippen LogP contribution in [0, 0.1) is 10.7 Å². The molecule has 0 spiro atoms. The van der Waals surface area contributed by atoms with Crippen molar-refractivity contribution in [3.8, 4) is 10.6 Å². The molecule has 3 rings (SSSR count). The minimum atomic E-state index is 0.520. The van der Waals surface area contributed by atoms with Crippen molar-refractivity contribution in [3.05, 3.63) is 56.8 Å². The molecule has 0 radical (unpaired) electrons. The Labute approximate surface area is 125 Å². The third kappa shape index (κ3) is 2.56. The average molecular weight is 307 g/mol. The van der Waals surface area contributed by atoms with E-state index in [0.29, 0.717) is 5.15 Å². The van der Waals surface area contributed by atoms with E-state index in [1.165, 1.54) is 16.3 Å². The number of aryl methyl sites for hydroxylation is 1. The normalized spacial score (nSPS) is 11.1. The Kier molecular flexibility index (Phi) is 3.39. The van der Waals surface area contributed by atoms with Crippen LogP contribution in [0.15, 0.2) is 36.5 Å². The zero-order chi connectivity index (χ0) is 13.4. The quantitative estimate of drug-likeness (QED) is 0.500. The van der Waals surface area contributed by atoms with Crippen LogP contribution >= 0.6 is 35.2 Å². The van der Waals surface area contributed by atoms with E-state index in [4.69, 9.17) is 23.8 Å². The van der Waals surface area contributed by atoms with Gasteiger partial charge in [-0.1, -0.05) is 29.9 Å². The summed E-state index contributed by atoms with van der Waals surface area (Å²) in [5, 5.41) is 0.520. The summed E-state index contributed by atoms with van der Waals surface area (Å²) < 4.78 is 3.18. The molecule has 0 bridgehead atoms. The van der Waals surface area contributed by atoms with Crippen molar-refractivity contribution in [2.45, 2.75) is 13.5 Å². The van der Waals surface area contributed by atoms with Crippen LogP contribution < -0.4 is 0 Å². The molecule has 96 valence electrons. The number of fused-ring (bicyclic) bond motifs is 1. The van der Waals surface area contributed by atoms with Gasteiger partial charge in [-0.15, -0.1) is 11.3 Å². The number of nitrogens with zero attached hydrogens (tertiary/aromatic N) is 2. The predicted molar refractivity (Wildman–Crippen MR) is 82.9 cm³/mol. The van der Waals surface area contributed by atoms with Gasteiger partial charge in [0.2, 0.25) is 0 Å². The molecule has 0 atom stereocenters. The van der Waals surface area contributed by atoms with E-state index in [-0.39, 0.29) is 0 Å². The molecule has 0 aromatic carbocycles. The van der Waals surface area contributed by atoms with Gasteiger partial charge < -0.3 is 4.57 Å². The first-order valence-electron chi connectivity index (χ1n) is 5.84. The van der Waals surface area contributed by atoms with E-state index in [1.54, 1.807) is 11.3 Å². The van der Waals surface area contributed by atoms with E-state index in [1.807, 2.05) is 18.3 Å². The molecule has 0 amide bonds. The van der Waals surface area contributed by atoms with Crippen molar-refractivity contribution in [3.63, 3.8) is 0 Å². The van der Waals surface area contributed by atoms with Gasteiger partial charge in [0.25, 0.3) is 0 Å². The summed E-state index contributed by atoms with van der Waals surface area (Å²) in [7, 11) is 0. The van der Waals surface area contributed by atoms with Gasteiger partial charge >= 0.3 is 0 Å². The zero-order valence-corrected chi connectivity index (χ0v) is 12.6. The van der Waals surface area contributed by atoms with Gasteiger partial charge in [0.05, 0.1) is 14.4 Å². The van der Waals surface area contributed by atoms with E-state index < -0.39 is 0 Å². The Morgan fingerprint density at radius 3 is 2.89 bits per heavy atom. The second-order valence-corrected chi connectivity index (χ2v) is 6.53. The molecule has 3 heterocycles. The van der Waals surface area contributed by atoms with Gasteiger partial charge in [-0.3, -0.25) is 0 Å². The molecule has 0 saturated heterocycles. The highest BCUT2D eigenvalue weighted by Crippen LogP contribution is 2.31. The minimum absolute atomic E-state index is 0.520. The number of hydrogen-bond donors (Lipinski definition) is 0. The topological polar surface area (TPSA) is 17.8 Å². The highest BCUT2D eigenvalue weighted by Gasteiger charge is 2.11. The lowest BCUT2D eigenvalue weighted by Gasteiger charge is -2.15. The summed E-state index contributed by atoms with van der Waals surface area (Å²) in [5.74, 6) is 0. The van der Waals surface area contributed by atoms with Crippen LogP contribution in [0.5, 0.6) is 0 Å². The fraction of sp³-hybridized carbons (Fsp3) is 0.143. The van der Waals surface area contributed by atoms with Gasteiger partial charge in [-0.05, 0) is 36.8 Å². The van der Waals surface area contributed by atoms with Gasteiger partial charge in [-0.25, -0.2) is 4.98 Å². The van der Waals surface area contributed by atoms with Crippen LogP contribution in [0.25, 0.3) is 10.6 Å². The molecule has 1 aromatic rings. The molecule has 1 aromatic heterocycles. The Morgan fingerprint density at radius 2 is 2.16 bits per heavy atom. The summed E-state index contributed by atoms with van der Waals surface area (Å²) in [5.41, 5.74) is 3.52. The average Bonchev–Trinajstić information content (AvgIpc) is 2.76. The molecule has 5 heteroatoms. The molecular formula is C14H11ClN2S2. The number of halogens is 1. The number of rotatable bonds is 2. The van der Waals surface area contributed by atoms with Gasteiger partial charge in [0, 0.05) is 18.4 Å². The fourth-order valence-corrected chi connectivity index (χ4v) is 3.36. The summed E-state index contributed by atoms with van der Waals surface area (Å²) in [4.78, 5) is 5.34. The van der Waals surface area contributed by atoms with E-state index >= 15 is 0 Å². The highest BCUT2D eigenvalue weighted by atomic mass is 35.5. The number of thiophene rings is 1. The fourth-order valence-electron chi connectivity index (χ4n) is 2.07. The summed E-state index contributed by atoms with van der Waals surface area (Å²) in [6, 6.07) is 10.1. The van der Waals surface area contributed by atoms with Crippen LogP contribution in [0.2, 0.25) is 5.15 Å². The maximum Gasteiger partial charge on any atom is 0.129 e. The molecule has 2 aliphatic rings. The Bertz CT molecular complexity index is 743. The molecule has 0 unspecified atom stereocenters. The summed E-state index contributed by atoms with van der Waals surface area (Å²) >= 11 is 12.7.